The SMILES string of the molecule is COc1cc2c(c(OC)c1OC)-c1ccc(N[C@H](C)C(=O)N[C@@H](C(=O)O)c3ccccc3)c(=O)cc1[C@H](NC(C)=O)CC2. The molecule has 2 amide bonds. The molecule has 1 aliphatic rings. The van der Waals surface area contributed by atoms with Crippen molar-refractivity contribution in [2.24, 2.45) is 0 Å². The van der Waals surface area contributed by atoms with Gasteiger partial charge in [-0.2, -0.15) is 0 Å². The van der Waals surface area contributed by atoms with Crippen LogP contribution in [0.3, 0.4) is 0 Å². The van der Waals surface area contributed by atoms with E-state index in [2.05, 4.69) is 16.0 Å². The third kappa shape index (κ3) is 6.56. The van der Waals surface area contributed by atoms with E-state index in [1.54, 1.807) is 42.5 Å². The zero-order valence-electron chi connectivity index (χ0n) is 24.6. The van der Waals surface area contributed by atoms with E-state index in [-0.39, 0.29) is 11.6 Å². The smallest absolute Gasteiger partial charge is 0.330 e. The van der Waals surface area contributed by atoms with Gasteiger partial charge in [0.1, 0.15) is 6.04 Å². The summed E-state index contributed by atoms with van der Waals surface area (Å²) in [5.74, 6) is -0.781. The van der Waals surface area contributed by atoms with Gasteiger partial charge in [-0.3, -0.25) is 14.4 Å². The summed E-state index contributed by atoms with van der Waals surface area (Å²) in [6.45, 7) is 2.95. The third-order valence-electron chi connectivity index (χ3n) is 7.35. The van der Waals surface area contributed by atoms with Gasteiger partial charge in [0.05, 0.1) is 33.1 Å². The van der Waals surface area contributed by atoms with Crippen molar-refractivity contribution < 1.29 is 33.7 Å². The summed E-state index contributed by atoms with van der Waals surface area (Å²) in [6.07, 6.45) is 1.05. The number of hydrogen-bond acceptors (Lipinski definition) is 8. The summed E-state index contributed by atoms with van der Waals surface area (Å²) < 4.78 is 17.0. The number of aliphatic carboxylic acids is 1. The molecular weight excluding hydrogens is 554 g/mol. The largest absolute Gasteiger partial charge is 0.493 e. The molecule has 3 atom stereocenters. The van der Waals surface area contributed by atoms with Gasteiger partial charge in [-0.1, -0.05) is 36.4 Å². The number of nitrogens with one attached hydrogen (secondary N) is 3. The second-order valence-electron chi connectivity index (χ2n) is 10.2. The van der Waals surface area contributed by atoms with Crippen LogP contribution in [0.4, 0.5) is 5.69 Å². The van der Waals surface area contributed by atoms with Gasteiger partial charge in [0.25, 0.3) is 0 Å². The molecule has 4 N–H and O–H groups in total. The molecule has 11 heteroatoms. The van der Waals surface area contributed by atoms with E-state index in [1.165, 1.54) is 41.2 Å². The first kappa shape index (κ1) is 30.9. The van der Waals surface area contributed by atoms with Crippen LogP contribution in [-0.4, -0.2) is 50.3 Å². The first-order valence-corrected chi connectivity index (χ1v) is 13.7. The minimum atomic E-state index is -1.26. The Kier molecular flexibility index (Phi) is 9.54. The molecule has 0 fully saturated rings. The fraction of sp³-hybridized carbons (Fsp3) is 0.312. The van der Waals surface area contributed by atoms with Crippen molar-refractivity contribution in [2.45, 2.75) is 44.8 Å². The predicted molar refractivity (Wildman–Crippen MR) is 161 cm³/mol. The molecule has 0 spiro atoms. The van der Waals surface area contributed by atoms with Crippen LogP contribution in [0, 0.1) is 0 Å². The van der Waals surface area contributed by atoms with E-state index in [9.17, 15) is 24.3 Å². The van der Waals surface area contributed by atoms with Crippen molar-refractivity contribution >= 4 is 23.5 Å². The summed E-state index contributed by atoms with van der Waals surface area (Å²) in [7, 11) is 4.56. The summed E-state index contributed by atoms with van der Waals surface area (Å²) in [4.78, 5) is 50.7. The molecule has 226 valence electrons. The van der Waals surface area contributed by atoms with Gasteiger partial charge >= 0.3 is 5.97 Å². The maximum atomic E-state index is 13.6. The monoisotopic (exact) mass is 589 g/mol. The molecule has 0 bridgehead atoms. The number of carbonyl (C=O) groups is 3. The fourth-order valence-corrected chi connectivity index (χ4v) is 5.33. The molecule has 3 aromatic rings. The van der Waals surface area contributed by atoms with E-state index in [4.69, 9.17) is 14.2 Å². The molecule has 0 aliphatic heterocycles. The van der Waals surface area contributed by atoms with Gasteiger partial charge in [-0.15, -0.1) is 0 Å². The summed E-state index contributed by atoms with van der Waals surface area (Å²) in [5.41, 5.74) is 2.90. The Bertz CT molecular complexity index is 1590. The normalized spacial score (nSPS) is 15.0. The highest BCUT2D eigenvalue weighted by atomic mass is 16.5. The lowest BCUT2D eigenvalue weighted by atomic mass is 9.95. The molecule has 0 unspecified atom stereocenters. The lowest BCUT2D eigenvalue weighted by molar-refractivity contribution is -0.142. The van der Waals surface area contributed by atoms with Gasteiger partial charge in [0, 0.05) is 12.5 Å². The number of carbonyl (C=O) groups excluding carboxylic acids is 2. The fourth-order valence-electron chi connectivity index (χ4n) is 5.33. The molecule has 4 rings (SSSR count). The maximum absolute atomic E-state index is 13.6. The molecule has 0 saturated carbocycles. The molecule has 11 nitrogen and oxygen atoms in total. The second-order valence-corrected chi connectivity index (χ2v) is 10.2. The minimum Gasteiger partial charge on any atom is -0.493 e. The second kappa shape index (κ2) is 13.3. The lowest BCUT2D eigenvalue weighted by Crippen LogP contribution is -2.42. The number of carboxylic acid groups (broad SMARTS) is 1. The van der Waals surface area contributed by atoms with Gasteiger partial charge < -0.3 is 35.3 Å². The highest BCUT2D eigenvalue weighted by Gasteiger charge is 2.30. The standard InChI is InChI=1S/C32H35N3O8/c1-17(31(38)35-28(32(39)40)19-9-7-6-8-10-19)33-24-14-12-21-22(16-25(24)37)23(34-18(2)36)13-11-20-15-26(41-3)29(42-4)30(43-5)27(20)21/h6-10,12,14-17,23,28H,11,13H2,1-5H3,(H,33,37)(H,34,36)(H,35,38)(H,39,40)/t17-,23-,28-/m1/s1. The molecule has 0 aromatic heterocycles. The Morgan fingerprint density at radius 3 is 2.26 bits per heavy atom. The first-order chi connectivity index (χ1) is 20.6. The average molecular weight is 590 g/mol. The van der Waals surface area contributed by atoms with E-state index >= 15 is 0 Å². The highest BCUT2D eigenvalue weighted by Crippen LogP contribution is 2.50. The van der Waals surface area contributed by atoms with Gasteiger partial charge in [0.15, 0.2) is 17.5 Å². The zero-order chi connectivity index (χ0) is 31.3. The quantitative estimate of drug-likeness (QED) is 0.278. The number of fused-ring (bicyclic) bond motifs is 3. The summed E-state index contributed by atoms with van der Waals surface area (Å²) in [6, 6.07) is 12.2. The van der Waals surface area contributed by atoms with Crippen LogP contribution in [0.15, 0.2) is 59.4 Å². The first-order valence-electron chi connectivity index (χ1n) is 13.7. The highest BCUT2D eigenvalue weighted by molar-refractivity contribution is 5.89. The van der Waals surface area contributed by atoms with Crippen molar-refractivity contribution in [2.75, 3.05) is 26.6 Å². The van der Waals surface area contributed by atoms with Gasteiger partial charge in [-0.25, -0.2) is 4.79 Å². The van der Waals surface area contributed by atoms with Crippen LogP contribution in [0.2, 0.25) is 0 Å². The van der Waals surface area contributed by atoms with E-state index in [0.717, 1.165) is 5.56 Å². The Morgan fingerprint density at radius 2 is 1.65 bits per heavy atom. The number of amides is 2. The van der Waals surface area contributed by atoms with Gasteiger partial charge in [0.2, 0.25) is 23.0 Å². The number of aryl methyl sites for hydroxylation is 1. The van der Waals surface area contributed by atoms with E-state index in [1.807, 2.05) is 6.07 Å². The molecular formula is C32H35N3O8. The van der Waals surface area contributed by atoms with Gasteiger partial charge in [-0.05, 0) is 60.2 Å². The van der Waals surface area contributed by atoms with Crippen LogP contribution < -0.4 is 35.6 Å². The Morgan fingerprint density at radius 1 is 0.953 bits per heavy atom. The van der Waals surface area contributed by atoms with E-state index in [0.29, 0.717) is 52.3 Å². The topological polar surface area (TPSA) is 152 Å². The average Bonchev–Trinajstić information content (AvgIpc) is 3.23. The third-order valence-corrected chi connectivity index (χ3v) is 7.35. The Hall–Kier alpha value is -5.06. The summed E-state index contributed by atoms with van der Waals surface area (Å²) in [5, 5.41) is 18.1. The molecule has 1 aliphatic carbocycles. The number of methoxy groups -OCH3 is 3. The number of carboxylic acids is 1. The zero-order valence-corrected chi connectivity index (χ0v) is 24.6. The number of benzene rings is 2. The lowest BCUT2D eigenvalue weighted by Gasteiger charge is -2.19. The van der Waals surface area contributed by atoms with Crippen LogP contribution in [-0.2, 0) is 20.8 Å². The molecule has 43 heavy (non-hydrogen) atoms. The van der Waals surface area contributed by atoms with Crippen molar-refractivity contribution in [3.05, 3.63) is 81.5 Å². The predicted octanol–water partition coefficient (Wildman–Crippen LogP) is 3.61. The van der Waals surface area contributed by atoms with Crippen LogP contribution in [0.5, 0.6) is 17.2 Å². The summed E-state index contributed by atoms with van der Waals surface area (Å²) >= 11 is 0. The number of hydrogen-bond donors (Lipinski definition) is 4. The van der Waals surface area contributed by atoms with Crippen molar-refractivity contribution in [1.29, 1.82) is 0 Å². The molecule has 0 heterocycles. The van der Waals surface area contributed by atoms with Crippen LogP contribution in [0.1, 0.15) is 49.0 Å². The Labute approximate surface area is 249 Å². The van der Waals surface area contributed by atoms with Crippen LogP contribution >= 0.6 is 0 Å². The Balaban J connectivity index is 1.77. The molecule has 0 radical (unpaired) electrons. The number of ether oxygens (including phenoxy) is 3. The molecule has 0 saturated heterocycles. The molecule has 3 aromatic carbocycles. The van der Waals surface area contributed by atoms with E-state index < -0.39 is 35.4 Å². The van der Waals surface area contributed by atoms with Crippen molar-refractivity contribution in [3.63, 3.8) is 0 Å². The van der Waals surface area contributed by atoms with Crippen molar-refractivity contribution in [3.8, 4) is 28.4 Å². The van der Waals surface area contributed by atoms with Crippen molar-refractivity contribution in [1.82, 2.24) is 10.6 Å². The number of anilines is 1. The minimum absolute atomic E-state index is 0.116. The maximum Gasteiger partial charge on any atom is 0.330 e. The number of rotatable bonds is 10. The van der Waals surface area contributed by atoms with Crippen LogP contribution in [0.25, 0.3) is 11.1 Å².